The van der Waals surface area contributed by atoms with Crippen molar-refractivity contribution in [2.45, 2.75) is 0 Å². The third kappa shape index (κ3) is 5.04. The van der Waals surface area contributed by atoms with E-state index in [1.807, 2.05) is 0 Å². The molecule has 0 bridgehead atoms. The highest BCUT2D eigenvalue weighted by atomic mass is 32.1. The molecule has 4 N–H and O–H groups in total. The van der Waals surface area contributed by atoms with Gasteiger partial charge in [-0.1, -0.05) is 6.07 Å². The number of carbonyl (C=O) groups excluding carboxylic acids is 1. The topological polar surface area (TPSA) is 65.2 Å². The monoisotopic (exact) mass is 288 g/mol. The number of rotatable bonds is 4. The standard InChI is InChI=1S/C11H14F2N4OS/c1-14-10(18)15-5-6-16-11(19)17-8-4-2-3-7(12)9(8)13/h2-4H,5-6H2,1H3,(H2,14,15,18)(H2,16,17,19). The molecular weight excluding hydrogens is 274 g/mol. The van der Waals surface area contributed by atoms with Gasteiger partial charge in [0.2, 0.25) is 0 Å². The van der Waals surface area contributed by atoms with Crippen LogP contribution in [-0.2, 0) is 0 Å². The van der Waals surface area contributed by atoms with Crippen molar-refractivity contribution in [2.75, 3.05) is 25.5 Å². The predicted molar refractivity (Wildman–Crippen MR) is 73.0 cm³/mol. The van der Waals surface area contributed by atoms with Crippen LogP contribution in [0, 0.1) is 11.6 Å². The van der Waals surface area contributed by atoms with Crippen LogP contribution in [0.1, 0.15) is 0 Å². The number of anilines is 1. The van der Waals surface area contributed by atoms with E-state index in [1.54, 1.807) is 0 Å². The van der Waals surface area contributed by atoms with Crippen molar-refractivity contribution in [3.05, 3.63) is 29.8 Å². The van der Waals surface area contributed by atoms with Crippen molar-refractivity contribution in [1.82, 2.24) is 16.0 Å². The van der Waals surface area contributed by atoms with Gasteiger partial charge in [-0.3, -0.25) is 0 Å². The summed E-state index contributed by atoms with van der Waals surface area (Å²) in [6.07, 6.45) is 0. The van der Waals surface area contributed by atoms with Crippen LogP contribution in [0.5, 0.6) is 0 Å². The molecule has 0 aliphatic carbocycles. The number of thiocarbonyl (C=S) groups is 1. The minimum atomic E-state index is -0.991. The lowest BCUT2D eigenvalue weighted by Crippen LogP contribution is -2.39. The first-order chi connectivity index (χ1) is 9.04. The fraction of sp³-hybridized carbons (Fsp3) is 0.273. The van der Waals surface area contributed by atoms with E-state index in [0.717, 1.165) is 6.07 Å². The summed E-state index contributed by atoms with van der Waals surface area (Å²) in [6.45, 7) is 0.698. The van der Waals surface area contributed by atoms with Crippen molar-refractivity contribution in [3.63, 3.8) is 0 Å². The van der Waals surface area contributed by atoms with E-state index in [2.05, 4.69) is 21.3 Å². The molecule has 2 amide bonds. The minimum Gasteiger partial charge on any atom is -0.361 e. The number of nitrogens with one attached hydrogen (secondary N) is 4. The van der Waals surface area contributed by atoms with Gasteiger partial charge in [0, 0.05) is 20.1 Å². The van der Waals surface area contributed by atoms with E-state index in [-0.39, 0.29) is 16.8 Å². The fourth-order valence-corrected chi connectivity index (χ4v) is 1.42. The highest BCUT2D eigenvalue weighted by Gasteiger charge is 2.08. The van der Waals surface area contributed by atoms with E-state index in [4.69, 9.17) is 12.2 Å². The Bertz CT molecular complexity index is 470. The second-order valence-corrected chi connectivity index (χ2v) is 3.90. The summed E-state index contributed by atoms with van der Waals surface area (Å²) >= 11 is 4.91. The molecule has 104 valence electrons. The largest absolute Gasteiger partial charge is 0.361 e. The van der Waals surface area contributed by atoms with Gasteiger partial charge in [0.1, 0.15) is 0 Å². The molecule has 0 radical (unpaired) electrons. The highest BCUT2D eigenvalue weighted by Crippen LogP contribution is 2.16. The normalized spacial score (nSPS) is 9.63. The second-order valence-electron chi connectivity index (χ2n) is 3.49. The zero-order valence-corrected chi connectivity index (χ0v) is 11.0. The van der Waals surface area contributed by atoms with Crippen molar-refractivity contribution < 1.29 is 13.6 Å². The predicted octanol–water partition coefficient (Wildman–Crippen LogP) is 1.18. The molecule has 1 aromatic carbocycles. The first-order valence-electron chi connectivity index (χ1n) is 5.49. The summed E-state index contributed by atoms with van der Waals surface area (Å²) < 4.78 is 26.2. The van der Waals surface area contributed by atoms with Gasteiger partial charge in [-0.2, -0.15) is 0 Å². The summed E-state index contributed by atoms with van der Waals surface area (Å²) in [5, 5.41) is 10.3. The lowest BCUT2D eigenvalue weighted by atomic mass is 10.3. The Balaban J connectivity index is 2.35. The summed E-state index contributed by atoms with van der Waals surface area (Å²) in [4.78, 5) is 10.8. The minimum absolute atomic E-state index is 0.0447. The summed E-state index contributed by atoms with van der Waals surface area (Å²) in [5.74, 6) is -1.94. The third-order valence-electron chi connectivity index (χ3n) is 2.12. The van der Waals surface area contributed by atoms with Crippen molar-refractivity contribution in [2.24, 2.45) is 0 Å². The van der Waals surface area contributed by atoms with Crippen LogP contribution >= 0.6 is 12.2 Å². The van der Waals surface area contributed by atoms with E-state index >= 15 is 0 Å². The zero-order valence-electron chi connectivity index (χ0n) is 10.2. The average molecular weight is 288 g/mol. The Kier molecular flexibility index (Phi) is 5.94. The molecule has 1 aromatic rings. The Morgan fingerprint density at radius 2 is 1.95 bits per heavy atom. The molecule has 19 heavy (non-hydrogen) atoms. The molecule has 5 nitrogen and oxygen atoms in total. The van der Waals surface area contributed by atoms with Crippen LogP contribution in [0.3, 0.4) is 0 Å². The highest BCUT2D eigenvalue weighted by molar-refractivity contribution is 7.80. The van der Waals surface area contributed by atoms with Gasteiger partial charge >= 0.3 is 6.03 Å². The molecule has 0 aromatic heterocycles. The number of carbonyl (C=O) groups is 1. The lowest BCUT2D eigenvalue weighted by molar-refractivity contribution is 0.243. The molecule has 0 aliphatic rings. The van der Waals surface area contributed by atoms with Gasteiger partial charge in [-0.25, -0.2) is 13.6 Å². The molecule has 0 saturated heterocycles. The quantitative estimate of drug-likeness (QED) is 0.496. The summed E-state index contributed by atoms with van der Waals surface area (Å²) in [5.41, 5.74) is -0.0447. The molecule has 8 heteroatoms. The third-order valence-corrected chi connectivity index (χ3v) is 2.37. The Morgan fingerprint density at radius 3 is 2.63 bits per heavy atom. The van der Waals surface area contributed by atoms with Gasteiger partial charge in [0.25, 0.3) is 0 Å². The Morgan fingerprint density at radius 1 is 1.26 bits per heavy atom. The van der Waals surface area contributed by atoms with Gasteiger partial charge in [0.15, 0.2) is 16.7 Å². The smallest absolute Gasteiger partial charge is 0.314 e. The number of hydrogen-bond donors (Lipinski definition) is 4. The van der Waals surface area contributed by atoms with Gasteiger partial charge in [0.05, 0.1) is 5.69 Å². The van der Waals surface area contributed by atoms with E-state index in [9.17, 15) is 13.6 Å². The van der Waals surface area contributed by atoms with Gasteiger partial charge < -0.3 is 21.3 Å². The van der Waals surface area contributed by atoms with Crippen molar-refractivity contribution in [3.8, 4) is 0 Å². The SMILES string of the molecule is CNC(=O)NCCNC(=S)Nc1cccc(F)c1F. The van der Waals surface area contributed by atoms with E-state index < -0.39 is 11.6 Å². The number of benzene rings is 1. The lowest BCUT2D eigenvalue weighted by Gasteiger charge is -2.11. The van der Waals surface area contributed by atoms with E-state index in [1.165, 1.54) is 19.2 Å². The Hall–Kier alpha value is -1.96. The fourth-order valence-electron chi connectivity index (χ4n) is 1.21. The molecule has 0 saturated carbocycles. The molecular formula is C11H14F2N4OS. The summed E-state index contributed by atoms with van der Waals surface area (Å²) in [7, 11) is 1.50. The van der Waals surface area contributed by atoms with Gasteiger partial charge in [-0.15, -0.1) is 0 Å². The van der Waals surface area contributed by atoms with Crippen molar-refractivity contribution in [1.29, 1.82) is 0 Å². The first-order valence-corrected chi connectivity index (χ1v) is 5.90. The Labute approximate surface area is 114 Å². The number of urea groups is 1. The summed E-state index contributed by atoms with van der Waals surface area (Å²) in [6, 6.07) is 3.45. The zero-order chi connectivity index (χ0) is 14.3. The van der Waals surface area contributed by atoms with Crippen LogP contribution in [-0.4, -0.2) is 31.3 Å². The van der Waals surface area contributed by atoms with Crippen LogP contribution < -0.4 is 21.3 Å². The molecule has 1 rings (SSSR count). The maximum absolute atomic E-state index is 13.3. The van der Waals surface area contributed by atoms with Crippen LogP contribution in [0.15, 0.2) is 18.2 Å². The molecule has 0 atom stereocenters. The number of halogens is 2. The maximum atomic E-state index is 13.3. The molecule has 0 aliphatic heterocycles. The van der Waals surface area contributed by atoms with Crippen LogP contribution in [0.4, 0.5) is 19.3 Å². The average Bonchev–Trinajstić information content (AvgIpc) is 2.39. The molecule has 0 unspecified atom stereocenters. The molecule has 0 spiro atoms. The maximum Gasteiger partial charge on any atom is 0.314 e. The van der Waals surface area contributed by atoms with Gasteiger partial charge in [-0.05, 0) is 24.4 Å². The van der Waals surface area contributed by atoms with Crippen LogP contribution in [0.2, 0.25) is 0 Å². The van der Waals surface area contributed by atoms with Crippen molar-refractivity contribution >= 4 is 29.0 Å². The molecule has 0 fully saturated rings. The van der Waals surface area contributed by atoms with E-state index in [0.29, 0.717) is 13.1 Å². The first kappa shape index (κ1) is 15.1. The molecule has 0 heterocycles. The second kappa shape index (κ2) is 7.47. The van der Waals surface area contributed by atoms with Crippen LogP contribution in [0.25, 0.3) is 0 Å². The number of hydrogen-bond acceptors (Lipinski definition) is 2. The number of amides is 2.